The van der Waals surface area contributed by atoms with Crippen molar-refractivity contribution in [1.82, 2.24) is 15.6 Å². The third-order valence-electron chi connectivity index (χ3n) is 3.24. The average molecular weight is 325 g/mol. The number of aromatic nitrogens is 1. The zero-order chi connectivity index (χ0) is 17.6. The lowest BCUT2D eigenvalue weighted by Crippen LogP contribution is -2.41. The van der Waals surface area contributed by atoms with Crippen molar-refractivity contribution >= 4 is 11.8 Å². The quantitative estimate of drug-likeness (QED) is 0.887. The lowest BCUT2D eigenvalue weighted by atomic mass is 10.1. The van der Waals surface area contributed by atoms with Crippen LogP contribution in [-0.4, -0.2) is 28.9 Å². The van der Waals surface area contributed by atoms with E-state index in [1.807, 2.05) is 51.1 Å². The van der Waals surface area contributed by atoms with Gasteiger partial charge < -0.3 is 10.6 Å². The van der Waals surface area contributed by atoms with Crippen LogP contribution in [0.4, 0.5) is 0 Å². The summed E-state index contributed by atoms with van der Waals surface area (Å²) in [5, 5.41) is 5.66. The van der Waals surface area contributed by atoms with Gasteiger partial charge in [-0.2, -0.15) is 0 Å². The zero-order valence-corrected chi connectivity index (χ0v) is 14.3. The number of hydrogen-bond acceptors (Lipinski definition) is 3. The number of amides is 2. The summed E-state index contributed by atoms with van der Waals surface area (Å²) in [4.78, 5) is 28.5. The molecular weight excluding hydrogens is 302 g/mol. The second-order valence-corrected chi connectivity index (χ2v) is 6.60. The fourth-order valence-electron chi connectivity index (χ4n) is 2.15. The molecule has 2 N–H and O–H groups in total. The molecule has 5 heteroatoms. The topological polar surface area (TPSA) is 71.1 Å². The Kier molecular flexibility index (Phi) is 5.68. The van der Waals surface area contributed by atoms with E-state index in [9.17, 15) is 9.59 Å². The van der Waals surface area contributed by atoms with Crippen LogP contribution in [0, 0.1) is 0 Å². The standard InChI is InChI=1S/C19H23N3O2/c1-19(2,3)22-18(24)16-11-7-10-15(21-16)17(23)20-13-12-14-8-5-4-6-9-14/h4-11H,12-13H2,1-3H3,(H,20,23)(H,22,24). The Morgan fingerprint density at radius 2 is 1.54 bits per heavy atom. The Balaban J connectivity index is 1.95. The first kappa shape index (κ1) is 17.7. The molecule has 1 heterocycles. The molecule has 0 aliphatic carbocycles. The summed E-state index contributed by atoms with van der Waals surface area (Å²) in [6.45, 7) is 6.20. The minimum atomic E-state index is -0.354. The molecular formula is C19H23N3O2. The number of rotatable bonds is 5. The van der Waals surface area contributed by atoms with Crippen molar-refractivity contribution in [3.63, 3.8) is 0 Å². The van der Waals surface area contributed by atoms with E-state index >= 15 is 0 Å². The second-order valence-electron chi connectivity index (χ2n) is 6.60. The summed E-state index contributed by atoms with van der Waals surface area (Å²) in [6.07, 6.45) is 0.747. The maximum atomic E-state index is 12.2. The number of hydrogen-bond donors (Lipinski definition) is 2. The maximum Gasteiger partial charge on any atom is 0.270 e. The molecule has 126 valence electrons. The molecule has 1 aromatic heterocycles. The van der Waals surface area contributed by atoms with Crippen molar-refractivity contribution < 1.29 is 9.59 Å². The molecule has 0 saturated heterocycles. The molecule has 0 spiro atoms. The number of carbonyl (C=O) groups is 2. The first-order valence-corrected chi connectivity index (χ1v) is 7.97. The van der Waals surface area contributed by atoms with E-state index in [-0.39, 0.29) is 28.7 Å². The van der Waals surface area contributed by atoms with Crippen molar-refractivity contribution in [2.45, 2.75) is 32.7 Å². The highest BCUT2D eigenvalue weighted by Gasteiger charge is 2.17. The van der Waals surface area contributed by atoms with E-state index < -0.39 is 0 Å². The van der Waals surface area contributed by atoms with Gasteiger partial charge in [0.15, 0.2) is 0 Å². The fraction of sp³-hybridized carbons (Fsp3) is 0.316. The van der Waals surface area contributed by atoms with E-state index in [0.717, 1.165) is 12.0 Å². The normalized spacial score (nSPS) is 11.0. The molecule has 2 amide bonds. The Labute approximate surface area is 142 Å². The van der Waals surface area contributed by atoms with Crippen LogP contribution in [0.3, 0.4) is 0 Å². The molecule has 2 rings (SSSR count). The molecule has 0 fully saturated rings. The molecule has 24 heavy (non-hydrogen) atoms. The van der Waals surface area contributed by atoms with Crippen LogP contribution < -0.4 is 10.6 Å². The van der Waals surface area contributed by atoms with Gasteiger partial charge in [-0.1, -0.05) is 36.4 Å². The molecule has 0 radical (unpaired) electrons. The van der Waals surface area contributed by atoms with E-state index in [1.165, 1.54) is 0 Å². The Hall–Kier alpha value is -2.69. The van der Waals surface area contributed by atoms with Crippen molar-refractivity contribution in [3.05, 3.63) is 65.5 Å². The summed E-state index contributed by atoms with van der Waals surface area (Å²) in [5.74, 6) is -0.572. The Morgan fingerprint density at radius 3 is 2.17 bits per heavy atom. The van der Waals surface area contributed by atoms with Gasteiger partial charge in [0.2, 0.25) is 0 Å². The summed E-state index contributed by atoms with van der Waals surface area (Å²) >= 11 is 0. The SMILES string of the molecule is CC(C)(C)NC(=O)c1cccc(C(=O)NCCc2ccccc2)n1. The van der Waals surface area contributed by atoms with Crippen LogP contribution >= 0.6 is 0 Å². The summed E-state index contributed by atoms with van der Waals surface area (Å²) in [7, 11) is 0. The van der Waals surface area contributed by atoms with Crippen molar-refractivity contribution in [1.29, 1.82) is 0 Å². The van der Waals surface area contributed by atoms with E-state index in [2.05, 4.69) is 15.6 Å². The summed E-state index contributed by atoms with van der Waals surface area (Å²) in [5.41, 5.74) is 1.28. The van der Waals surface area contributed by atoms with Gasteiger partial charge in [0.25, 0.3) is 11.8 Å². The average Bonchev–Trinajstić information content (AvgIpc) is 2.54. The minimum Gasteiger partial charge on any atom is -0.350 e. The molecule has 0 unspecified atom stereocenters. The third-order valence-corrected chi connectivity index (χ3v) is 3.24. The largest absolute Gasteiger partial charge is 0.350 e. The zero-order valence-electron chi connectivity index (χ0n) is 14.3. The van der Waals surface area contributed by atoms with Gasteiger partial charge in [-0.25, -0.2) is 4.98 Å². The highest BCUT2D eigenvalue weighted by molar-refractivity contribution is 5.96. The van der Waals surface area contributed by atoms with Crippen molar-refractivity contribution in [2.24, 2.45) is 0 Å². The van der Waals surface area contributed by atoms with Gasteiger partial charge in [-0.15, -0.1) is 0 Å². The number of pyridine rings is 1. The highest BCUT2D eigenvalue weighted by Crippen LogP contribution is 2.05. The molecule has 0 atom stereocenters. The molecule has 0 aliphatic heterocycles. The van der Waals surface area contributed by atoms with Gasteiger partial charge in [0.05, 0.1) is 0 Å². The molecule has 2 aromatic rings. The predicted molar refractivity (Wildman–Crippen MR) is 93.9 cm³/mol. The lowest BCUT2D eigenvalue weighted by molar-refractivity contribution is 0.0914. The maximum absolute atomic E-state index is 12.2. The van der Waals surface area contributed by atoms with Crippen LogP contribution in [-0.2, 0) is 6.42 Å². The van der Waals surface area contributed by atoms with Crippen LogP contribution in [0.25, 0.3) is 0 Å². The monoisotopic (exact) mass is 325 g/mol. The molecule has 5 nitrogen and oxygen atoms in total. The fourth-order valence-corrected chi connectivity index (χ4v) is 2.15. The third kappa shape index (κ3) is 5.50. The highest BCUT2D eigenvalue weighted by atomic mass is 16.2. The summed E-state index contributed by atoms with van der Waals surface area (Å²) in [6, 6.07) is 14.8. The first-order valence-electron chi connectivity index (χ1n) is 7.97. The predicted octanol–water partition coefficient (Wildman–Crippen LogP) is 2.58. The van der Waals surface area contributed by atoms with Gasteiger partial charge in [-0.05, 0) is 44.9 Å². The van der Waals surface area contributed by atoms with E-state index in [4.69, 9.17) is 0 Å². The number of nitrogens with zero attached hydrogens (tertiary/aromatic N) is 1. The van der Waals surface area contributed by atoms with Crippen LogP contribution in [0.2, 0.25) is 0 Å². The molecule has 0 saturated carbocycles. The Bertz CT molecular complexity index is 706. The van der Waals surface area contributed by atoms with Crippen molar-refractivity contribution in [3.8, 4) is 0 Å². The second kappa shape index (κ2) is 7.73. The van der Waals surface area contributed by atoms with Gasteiger partial charge in [-0.3, -0.25) is 9.59 Å². The van der Waals surface area contributed by atoms with Crippen LogP contribution in [0.5, 0.6) is 0 Å². The summed E-state index contributed by atoms with van der Waals surface area (Å²) < 4.78 is 0. The smallest absolute Gasteiger partial charge is 0.270 e. The van der Waals surface area contributed by atoms with Crippen LogP contribution in [0.1, 0.15) is 47.3 Å². The van der Waals surface area contributed by atoms with Gasteiger partial charge in [0, 0.05) is 12.1 Å². The van der Waals surface area contributed by atoms with Crippen LogP contribution in [0.15, 0.2) is 48.5 Å². The number of carbonyl (C=O) groups excluding carboxylic acids is 2. The number of benzene rings is 1. The molecule has 0 bridgehead atoms. The van der Waals surface area contributed by atoms with E-state index in [1.54, 1.807) is 18.2 Å². The number of nitrogens with one attached hydrogen (secondary N) is 2. The Morgan fingerprint density at radius 1 is 0.917 bits per heavy atom. The van der Waals surface area contributed by atoms with E-state index in [0.29, 0.717) is 6.54 Å². The minimum absolute atomic E-state index is 0.237. The lowest BCUT2D eigenvalue weighted by Gasteiger charge is -2.20. The molecule has 0 aliphatic rings. The molecule has 1 aromatic carbocycles. The van der Waals surface area contributed by atoms with Gasteiger partial charge >= 0.3 is 0 Å². The van der Waals surface area contributed by atoms with Crippen molar-refractivity contribution in [2.75, 3.05) is 6.54 Å². The van der Waals surface area contributed by atoms with Gasteiger partial charge in [0.1, 0.15) is 11.4 Å². The first-order chi connectivity index (χ1) is 11.3.